The van der Waals surface area contributed by atoms with E-state index in [4.69, 9.17) is 16.7 Å². The summed E-state index contributed by atoms with van der Waals surface area (Å²) in [6, 6.07) is 2.77. The third-order valence-electron chi connectivity index (χ3n) is 3.57. The summed E-state index contributed by atoms with van der Waals surface area (Å²) >= 11 is 5.92. The Morgan fingerprint density at radius 3 is 2.55 bits per heavy atom. The lowest BCUT2D eigenvalue weighted by molar-refractivity contribution is 0.0946. The van der Waals surface area contributed by atoms with E-state index in [0.29, 0.717) is 12.1 Å². The molecule has 0 heterocycles. The molecule has 0 radical (unpaired) electrons. The molecule has 110 valence electrons. The molecule has 1 amide bonds. The highest BCUT2D eigenvalue weighted by Crippen LogP contribution is 2.44. The molecule has 1 aliphatic carbocycles. The number of nitrogens with one attached hydrogen (secondary N) is 1. The molecule has 0 saturated heterocycles. The molecule has 0 aromatic heterocycles. The van der Waals surface area contributed by atoms with E-state index in [9.17, 15) is 13.2 Å². The van der Waals surface area contributed by atoms with E-state index in [1.165, 1.54) is 6.07 Å². The molecule has 0 unspecified atom stereocenters. The normalized spacial score (nSPS) is 16.8. The third kappa shape index (κ3) is 3.31. The maximum absolute atomic E-state index is 12.1. The number of amides is 1. The molecule has 1 aromatic rings. The van der Waals surface area contributed by atoms with Crippen molar-refractivity contribution in [2.75, 3.05) is 6.54 Å². The Kier molecular flexibility index (Phi) is 3.83. The average molecular weight is 317 g/mol. The largest absolute Gasteiger partial charge is 0.351 e. The molecule has 7 heteroatoms. The average Bonchev–Trinajstić information content (AvgIpc) is 3.06. The zero-order chi connectivity index (χ0) is 15.1. The van der Waals surface area contributed by atoms with Gasteiger partial charge in [-0.05, 0) is 42.9 Å². The van der Waals surface area contributed by atoms with Crippen molar-refractivity contribution < 1.29 is 13.2 Å². The van der Waals surface area contributed by atoms with Crippen LogP contribution in [0.25, 0.3) is 0 Å². The van der Waals surface area contributed by atoms with Gasteiger partial charge in [-0.2, -0.15) is 0 Å². The topological polar surface area (TPSA) is 89.3 Å². The molecule has 1 aromatic carbocycles. The van der Waals surface area contributed by atoms with Crippen molar-refractivity contribution in [2.24, 2.45) is 10.6 Å². The molecule has 0 bridgehead atoms. The van der Waals surface area contributed by atoms with Crippen LogP contribution < -0.4 is 10.5 Å². The molecule has 0 aliphatic heterocycles. The standard InChI is InChI=1S/C13H17ClN2O3S/c1-8-5-9(6-10(11(8)14)20(15,18)19)12(17)16-7-13(2)3-4-13/h5-6H,3-4,7H2,1-2H3,(H,16,17)(H2,15,18,19). The van der Waals surface area contributed by atoms with E-state index < -0.39 is 10.0 Å². The quantitative estimate of drug-likeness (QED) is 0.888. The van der Waals surface area contributed by atoms with Crippen molar-refractivity contribution in [1.29, 1.82) is 0 Å². The van der Waals surface area contributed by atoms with Gasteiger partial charge in [0.25, 0.3) is 5.91 Å². The second-order valence-electron chi connectivity index (χ2n) is 5.64. The highest BCUT2D eigenvalue weighted by atomic mass is 35.5. The molecule has 20 heavy (non-hydrogen) atoms. The third-order valence-corrected chi connectivity index (χ3v) is 5.12. The molecular formula is C13H17ClN2O3S. The van der Waals surface area contributed by atoms with Crippen LogP contribution in [-0.4, -0.2) is 20.9 Å². The number of primary sulfonamides is 1. The lowest BCUT2D eigenvalue weighted by Gasteiger charge is -2.12. The fraction of sp³-hybridized carbons (Fsp3) is 0.462. The van der Waals surface area contributed by atoms with Crippen LogP contribution >= 0.6 is 11.6 Å². The molecule has 0 spiro atoms. The Balaban J connectivity index is 2.28. The van der Waals surface area contributed by atoms with Gasteiger partial charge in [0, 0.05) is 12.1 Å². The number of nitrogens with two attached hydrogens (primary N) is 1. The Morgan fingerprint density at radius 2 is 2.05 bits per heavy atom. The van der Waals surface area contributed by atoms with Crippen molar-refractivity contribution in [3.63, 3.8) is 0 Å². The highest BCUT2D eigenvalue weighted by molar-refractivity contribution is 7.89. The van der Waals surface area contributed by atoms with Crippen molar-refractivity contribution in [1.82, 2.24) is 5.32 Å². The van der Waals surface area contributed by atoms with E-state index in [1.54, 1.807) is 13.0 Å². The predicted octanol–water partition coefficient (Wildman–Crippen LogP) is 1.83. The van der Waals surface area contributed by atoms with Gasteiger partial charge in [0.2, 0.25) is 10.0 Å². The summed E-state index contributed by atoms with van der Waals surface area (Å²) in [5, 5.41) is 7.97. The summed E-state index contributed by atoms with van der Waals surface area (Å²) in [6.45, 7) is 4.31. The first kappa shape index (κ1) is 15.3. The van der Waals surface area contributed by atoms with Gasteiger partial charge in [0.1, 0.15) is 4.90 Å². The second kappa shape index (κ2) is 5.02. The number of halogens is 1. The van der Waals surface area contributed by atoms with Crippen molar-refractivity contribution in [3.8, 4) is 0 Å². The number of carbonyl (C=O) groups excluding carboxylic acids is 1. The first-order chi connectivity index (χ1) is 9.12. The van der Waals surface area contributed by atoms with Gasteiger partial charge in [0.15, 0.2) is 0 Å². The van der Waals surface area contributed by atoms with Gasteiger partial charge < -0.3 is 5.32 Å². The number of aryl methyl sites for hydroxylation is 1. The van der Waals surface area contributed by atoms with Crippen LogP contribution in [0.2, 0.25) is 5.02 Å². The van der Waals surface area contributed by atoms with Gasteiger partial charge in [0.05, 0.1) is 5.02 Å². The minimum absolute atomic E-state index is 0.0539. The van der Waals surface area contributed by atoms with Crippen LogP contribution in [0, 0.1) is 12.3 Å². The first-order valence-corrected chi connectivity index (χ1v) is 8.16. The van der Waals surface area contributed by atoms with E-state index >= 15 is 0 Å². The smallest absolute Gasteiger partial charge is 0.251 e. The lowest BCUT2D eigenvalue weighted by atomic mass is 10.1. The van der Waals surface area contributed by atoms with Crippen LogP contribution in [0.3, 0.4) is 0 Å². The Hall–Kier alpha value is -1.11. The fourth-order valence-corrected chi connectivity index (χ4v) is 2.99. The Morgan fingerprint density at radius 1 is 1.45 bits per heavy atom. The molecular weight excluding hydrogens is 300 g/mol. The summed E-state index contributed by atoms with van der Waals surface area (Å²) in [5.74, 6) is -0.317. The zero-order valence-electron chi connectivity index (χ0n) is 11.4. The number of benzene rings is 1. The minimum atomic E-state index is -3.95. The first-order valence-electron chi connectivity index (χ1n) is 6.24. The van der Waals surface area contributed by atoms with Gasteiger partial charge in [-0.3, -0.25) is 4.79 Å². The number of rotatable bonds is 4. The molecule has 3 N–H and O–H groups in total. The van der Waals surface area contributed by atoms with Gasteiger partial charge >= 0.3 is 0 Å². The van der Waals surface area contributed by atoms with E-state index in [-0.39, 0.29) is 26.8 Å². The summed E-state index contributed by atoms with van der Waals surface area (Å²) in [6.07, 6.45) is 2.19. The molecule has 5 nitrogen and oxygen atoms in total. The van der Waals surface area contributed by atoms with Crippen molar-refractivity contribution >= 4 is 27.5 Å². The van der Waals surface area contributed by atoms with Gasteiger partial charge in [-0.1, -0.05) is 18.5 Å². The number of sulfonamides is 1. The number of hydrogen-bond donors (Lipinski definition) is 2. The SMILES string of the molecule is Cc1cc(C(=O)NCC2(C)CC2)cc(S(N)(=O)=O)c1Cl. The van der Waals surface area contributed by atoms with Crippen LogP contribution in [0.4, 0.5) is 0 Å². The van der Waals surface area contributed by atoms with Crippen LogP contribution in [0.15, 0.2) is 17.0 Å². The Labute approximate surface area is 123 Å². The fourth-order valence-electron chi connectivity index (χ4n) is 1.86. The van der Waals surface area contributed by atoms with Crippen molar-refractivity contribution in [3.05, 3.63) is 28.3 Å². The second-order valence-corrected chi connectivity index (χ2v) is 7.55. The maximum atomic E-state index is 12.1. The van der Waals surface area contributed by atoms with Crippen molar-refractivity contribution in [2.45, 2.75) is 31.6 Å². The summed E-state index contributed by atoms with van der Waals surface area (Å²) in [7, 11) is -3.95. The minimum Gasteiger partial charge on any atom is -0.351 e. The van der Waals surface area contributed by atoms with Gasteiger partial charge in [-0.15, -0.1) is 0 Å². The molecule has 1 aliphatic rings. The summed E-state index contributed by atoms with van der Waals surface area (Å²) < 4.78 is 22.9. The summed E-state index contributed by atoms with van der Waals surface area (Å²) in [4.78, 5) is 11.9. The number of hydrogen-bond acceptors (Lipinski definition) is 3. The summed E-state index contributed by atoms with van der Waals surface area (Å²) in [5.41, 5.74) is 0.932. The van der Waals surface area contributed by atoms with E-state index in [2.05, 4.69) is 12.2 Å². The lowest BCUT2D eigenvalue weighted by Crippen LogP contribution is -2.29. The van der Waals surface area contributed by atoms with Crippen LogP contribution in [0.1, 0.15) is 35.7 Å². The highest BCUT2D eigenvalue weighted by Gasteiger charge is 2.37. The Bertz CT molecular complexity index is 666. The van der Waals surface area contributed by atoms with E-state index in [1.807, 2.05) is 0 Å². The molecule has 2 rings (SSSR count). The molecule has 1 fully saturated rings. The molecule has 0 atom stereocenters. The van der Waals surface area contributed by atoms with Gasteiger partial charge in [-0.25, -0.2) is 13.6 Å². The maximum Gasteiger partial charge on any atom is 0.251 e. The number of carbonyl (C=O) groups is 1. The van der Waals surface area contributed by atoms with Crippen LogP contribution in [0.5, 0.6) is 0 Å². The van der Waals surface area contributed by atoms with E-state index in [0.717, 1.165) is 12.8 Å². The van der Waals surface area contributed by atoms with Crippen LogP contribution in [-0.2, 0) is 10.0 Å². The molecule has 1 saturated carbocycles. The predicted molar refractivity (Wildman–Crippen MR) is 77.2 cm³/mol. The monoisotopic (exact) mass is 316 g/mol. The zero-order valence-corrected chi connectivity index (χ0v) is 12.9.